The summed E-state index contributed by atoms with van der Waals surface area (Å²) in [6.07, 6.45) is -5.42. The van der Waals surface area contributed by atoms with Crippen LogP contribution in [0.4, 0.5) is 38.1 Å². The summed E-state index contributed by atoms with van der Waals surface area (Å²) < 4.78 is 69.4. The van der Waals surface area contributed by atoms with Crippen molar-refractivity contribution in [3.8, 4) is 6.07 Å². The summed E-state index contributed by atoms with van der Waals surface area (Å²) in [6, 6.07) is 8.23. The van der Waals surface area contributed by atoms with Gasteiger partial charge in [-0.3, -0.25) is 9.69 Å². The minimum atomic E-state index is -5.24. The maximum Gasteiger partial charge on any atom is 0.423 e. The minimum absolute atomic E-state index is 0.0235. The Bertz CT molecular complexity index is 1590. The van der Waals surface area contributed by atoms with Gasteiger partial charge in [-0.1, -0.05) is 17.7 Å². The predicted molar refractivity (Wildman–Crippen MR) is 129 cm³/mol. The van der Waals surface area contributed by atoms with Crippen LogP contribution in [-0.4, -0.2) is 29.8 Å². The lowest BCUT2D eigenvalue weighted by Gasteiger charge is -2.27. The first-order valence-electron chi connectivity index (χ1n) is 11.3. The normalized spacial score (nSPS) is 19.8. The highest BCUT2D eigenvalue weighted by Crippen LogP contribution is 2.49. The van der Waals surface area contributed by atoms with E-state index in [-0.39, 0.29) is 39.5 Å². The van der Waals surface area contributed by atoms with E-state index in [0.717, 1.165) is 24.3 Å². The van der Waals surface area contributed by atoms with Gasteiger partial charge in [0.15, 0.2) is 0 Å². The lowest BCUT2D eigenvalue weighted by atomic mass is 9.92. The van der Waals surface area contributed by atoms with Crippen molar-refractivity contribution in [2.24, 2.45) is 0 Å². The molecule has 5 rings (SSSR count). The smallest absolute Gasteiger partial charge is 0.375 e. The van der Waals surface area contributed by atoms with Gasteiger partial charge in [-0.05, 0) is 48.0 Å². The quantitative estimate of drug-likeness (QED) is 0.376. The number of fused-ring (bicyclic) bond motifs is 2. The number of nitriles is 1. The first-order valence-corrected chi connectivity index (χ1v) is 11.7. The van der Waals surface area contributed by atoms with Gasteiger partial charge in [0.05, 0.1) is 36.3 Å². The number of benzene rings is 3. The third kappa shape index (κ3) is 4.24. The molecule has 2 aliphatic heterocycles. The molecule has 200 valence electrons. The average Bonchev–Trinajstić information content (AvgIpc) is 3.38. The van der Waals surface area contributed by atoms with Crippen molar-refractivity contribution in [3.63, 3.8) is 0 Å². The number of urea groups is 1. The summed E-state index contributed by atoms with van der Waals surface area (Å²) in [5.74, 6) is -2.34. The molecule has 0 saturated heterocycles. The van der Waals surface area contributed by atoms with Crippen LogP contribution in [0.25, 0.3) is 0 Å². The number of halogens is 6. The van der Waals surface area contributed by atoms with Gasteiger partial charge >= 0.3 is 12.2 Å². The molecule has 39 heavy (non-hydrogen) atoms. The Morgan fingerprint density at radius 2 is 1.87 bits per heavy atom. The summed E-state index contributed by atoms with van der Waals surface area (Å²) in [5, 5.41) is 24.9. The van der Waals surface area contributed by atoms with Crippen LogP contribution in [0.5, 0.6) is 0 Å². The number of rotatable bonds is 3. The third-order valence-electron chi connectivity index (χ3n) is 6.70. The van der Waals surface area contributed by atoms with Crippen molar-refractivity contribution in [1.29, 1.82) is 5.26 Å². The SMILES string of the molecule is N#CCc1ccc(NC(=O)N2C[C@@](O)(C(F)(F)F)c3cc(F)ccc32)c2c1C(=O)N[C@@H]2c1cc(F)ccc1Cl. The van der Waals surface area contributed by atoms with Crippen molar-refractivity contribution < 1.29 is 36.6 Å². The molecule has 2 atom stereocenters. The zero-order valence-corrected chi connectivity index (χ0v) is 20.3. The second kappa shape index (κ2) is 9.21. The molecule has 0 unspecified atom stereocenters. The average molecular weight is 563 g/mol. The van der Waals surface area contributed by atoms with E-state index in [0.29, 0.717) is 16.5 Å². The van der Waals surface area contributed by atoms with Gasteiger partial charge in [-0.2, -0.15) is 18.4 Å². The van der Waals surface area contributed by atoms with Crippen LogP contribution in [0.2, 0.25) is 5.02 Å². The number of hydrogen-bond donors (Lipinski definition) is 3. The summed E-state index contributed by atoms with van der Waals surface area (Å²) >= 11 is 6.27. The lowest BCUT2D eigenvalue weighted by molar-refractivity contribution is -0.258. The van der Waals surface area contributed by atoms with Crippen molar-refractivity contribution in [3.05, 3.63) is 93.0 Å². The fourth-order valence-electron chi connectivity index (χ4n) is 4.90. The second-order valence-corrected chi connectivity index (χ2v) is 9.41. The van der Waals surface area contributed by atoms with Crippen LogP contribution in [0, 0.1) is 23.0 Å². The van der Waals surface area contributed by atoms with Crippen molar-refractivity contribution in [2.45, 2.75) is 24.2 Å². The molecule has 3 aromatic carbocycles. The Hall–Kier alpha value is -4.21. The first kappa shape index (κ1) is 26.4. The third-order valence-corrected chi connectivity index (χ3v) is 7.04. The van der Waals surface area contributed by atoms with E-state index in [1.54, 1.807) is 0 Å². The molecular formula is C26H16ClF5N4O3. The van der Waals surface area contributed by atoms with Crippen LogP contribution < -0.4 is 15.5 Å². The van der Waals surface area contributed by atoms with Gasteiger partial charge in [0.2, 0.25) is 5.60 Å². The van der Waals surface area contributed by atoms with Crippen LogP contribution in [-0.2, 0) is 12.0 Å². The number of carbonyl (C=O) groups is 2. The zero-order valence-electron chi connectivity index (χ0n) is 19.5. The molecular weight excluding hydrogens is 547 g/mol. The number of hydrogen-bond acceptors (Lipinski definition) is 4. The summed E-state index contributed by atoms with van der Waals surface area (Å²) in [6.45, 7) is -1.26. The molecule has 0 aliphatic carbocycles. The monoisotopic (exact) mass is 562 g/mol. The predicted octanol–water partition coefficient (Wildman–Crippen LogP) is 5.32. The number of β-amino-alcohol motifs (C(OH)–C–C–N with tert-alkyl or cyclic N) is 1. The largest absolute Gasteiger partial charge is 0.423 e. The molecule has 3 aromatic rings. The van der Waals surface area contributed by atoms with E-state index in [2.05, 4.69) is 10.6 Å². The highest BCUT2D eigenvalue weighted by atomic mass is 35.5. The maximum atomic E-state index is 14.1. The number of amides is 3. The van der Waals surface area contributed by atoms with Gasteiger partial charge in [-0.15, -0.1) is 0 Å². The molecule has 3 N–H and O–H groups in total. The Labute approximate surface area is 222 Å². The molecule has 0 aromatic heterocycles. The van der Waals surface area contributed by atoms with Gasteiger partial charge in [0.25, 0.3) is 5.91 Å². The highest BCUT2D eigenvalue weighted by Gasteiger charge is 2.61. The number of aliphatic hydroxyl groups is 1. The van der Waals surface area contributed by atoms with Gasteiger partial charge < -0.3 is 15.7 Å². The zero-order chi connectivity index (χ0) is 28.3. The molecule has 0 fully saturated rings. The van der Waals surface area contributed by atoms with E-state index in [9.17, 15) is 41.9 Å². The topological polar surface area (TPSA) is 105 Å². The van der Waals surface area contributed by atoms with Crippen LogP contribution in [0.3, 0.4) is 0 Å². The lowest BCUT2D eigenvalue weighted by Crippen LogP contribution is -2.48. The van der Waals surface area contributed by atoms with Crippen LogP contribution >= 0.6 is 11.6 Å². The van der Waals surface area contributed by atoms with E-state index in [1.807, 2.05) is 6.07 Å². The standard InChI is InChI=1S/C26H16ClF5N4O3/c27-17-4-2-13(28)9-15(17)22-21-18(5-1-12(7-8-33)20(21)23(37)35-22)34-24(38)36-11-25(39,26(30,31)32)16-10-14(29)3-6-19(16)36/h1-6,9-10,22,39H,7,11H2,(H,34,38)(H,35,37)/t22-,25+/m1/s1. The van der Waals surface area contributed by atoms with E-state index >= 15 is 0 Å². The number of nitrogens with zero attached hydrogens (tertiary/aromatic N) is 2. The van der Waals surface area contributed by atoms with Crippen LogP contribution in [0.1, 0.15) is 38.7 Å². The second-order valence-electron chi connectivity index (χ2n) is 9.00. The molecule has 2 aliphatic rings. The Kier molecular flexibility index (Phi) is 6.24. The van der Waals surface area contributed by atoms with Crippen molar-refractivity contribution >= 4 is 34.9 Å². The van der Waals surface area contributed by atoms with Crippen LogP contribution in [0.15, 0.2) is 48.5 Å². The Morgan fingerprint density at radius 3 is 2.56 bits per heavy atom. The van der Waals surface area contributed by atoms with E-state index < -0.39 is 53.5 Å². The molecule has 3 amide bonds. The fraction of sp³-hybridized carbons (Fsp3) is 0.192. The Morgan fingerprint density at radius 1 is 1.18 bits per heavy atom. The van der Waals surface area contributed by atoms with E-state index in [4.69, 9.17) is 11.6 Å². The van der Waals surface area contributed by atoms with E-state index in [1.165, 1.54) is 18.2 Å². The van der Waals surface area contributed by atoms with Gasteiger partial charge in [0.1, 0.15) is 11.6 Å². The Balaban J connectivity index is 1.59. The summed E-state index contributed by atoms with van der Waals surface area (Å²) in [5.41, 5.74) is -4.19. The molecule has 7 nitrogen and oxygen atoms in total. The number of nitrogens with one attached hydrogen (secondary N) is 2. The number of alkyl halides is 3. The van der Waals surface area contributed by atoms with Gasteiger partial charge in [-0.25, -0.2) is 13.6 Å². The first-order chi connectivity index (χ1) is 18.4. The molecule has 0 spiro atoms. The molecule has 0 radical (unpaired) electrons. The molecule has 2 heterocycles. The fourth-order valence-corrected chi connectivity index (χ4v) is 5.13. The minimum Gasteiger partial charge on any atom is -0.375 e. The highest BCUT2D eigenvalue weighted by molar-refractivity contribution is 6.31. The molecule has 13 heteroatoms. The summed E-state index contributed by atoms with van der Waals surface area (Å²) in [7, 11) is 0. The molecule has 0 bridgehead atoms. The number of anilines is 2. The van der Waals surface area contributed by atoms with Crippen molar-refractivity contribution in [1.82, 2.24) is 5.32 Å². The maximum absolute atomic E-state index is 14.1. The summed E-state index contributed by atoms with van der Waals surface area (Å²) in [4.78, 5) is 26.9. The number of carbonyl (C=O) groups excluding carboxylic acids is 2. The van der Waals surface area contributed by atoms with Gasteiger partial charge in [0, 0.05) is 27.4 Å². The van der Waals surface area contributed by atoms with Crippen molar-refractivity contribution in [2.75, 3.05) is 16.8 Å². The molecule has 0 saturated carbocycles.